The molecule has 0 unspecified atom stereocenters. The second kappa shape index (κ2) is 4.62. The van der Waals surface area contributed by atoms with Crippen LogP contribution >= 0.6 is 0 Å². The Morgan fingerprint density at radius 3 is 2.40 bits per heavy atom. The van der Waals surface area contributed by atoms with Gasteiger partial charge in [0.1, 0.15) is 5.60 Å². The lowest BCUT2D eigenvalue weighted by molar-refractivity contribution is -0.138. The van der Waals surface area contributed by atoms with Gasteiger partial charge in [0, 0.05) is 13.5 Å². The predicted octanol–water partition coefficient (Wildman–Crippen LogP) is 2.07. The number of hydrogen-bond donors (Lipinski definition) is 1. The first-order chi connectivity index (χ1) is 6.90. The molecule has 0 radical (unpaired) electrons. The Kier molecular flexibility index (Phi) is 3.90. The highest BCUT2D eigenvalue weighted by Crippen LogP contribution is 2.32. The van der Waals surface area contributed by atoms with Crippen LogP contribution in [-0.2, 0) is 9.53 Å². The van der Waals surface area contributed by atoms with Gasteiger partial charge in [0.05, 0.1) is 5.60 Å². The van der Waals surface area contributed by atoms with E-state index in [9.17, 15) is 9.90 Å². The van der Waals surface area contributed by atoms with Crippen LogP contribution in [0.4, 0.5) is 0 Å². The molecular formula is C12H22O3. The van der Waals surface area contributed by atoms with E-state index in [1.807, 2.05) is 13.8 Å². The van der Waals surface area contributed by atoms with Gasteiger partial charge in [-0.3, -0.25) is 4.79 Å². The van der Waals surface area contributed by atoms with E-state index in [1.54, 1.807) is 7.11 Å². The maximum absolute atomic E-state index is 11.8. The van der Waals surface area contributed by atoms with Crippen LogP contribution in [0.1, 0.15) is 52.4 Å². The monoisotopic (exact) mass is 214 g/mol. The summed E-state index contributed by atoms with van der Waals surface area (Å²) in [4.78, 5) is 11.8. The van der Waals surface area contributed by atoms with E-state index in [0.717, 1.165) is 12.8 Å². The van der Waals surface area contributed by atoms with Gasteiger partial charge in [0.15, 0.2) is 5.78 Å². The third-order valence-corrected chi connectivity index (χ3v) is 3.46. The fraction of sp³-hybridized carbons (Fsp3) is 0.917. The molecule has 0 spiro atoms. The summed E-state index contributed by atoms with van der Waals surface area (Å²) in [6.07, 6.45) is 4.30. The van der Waals surface area contributed by atoms with Gasteiger partial charge in [-0.1, -0.05) is 0 Å². The fourth-order valence-electron chi connectivity index (χ4n) is 1.99. The van der Waals surface area contributed by atoms with Crippen molar-refractivity contribution in [3.63, 3.8) is 0 Å². The molecule has 0 atom stereocenters. The Labute approximate surface area is 91.8 Å². The highest BCUT2D eigenvalue weighted by atomic mass is 16.5. The van der Waals surface area contributed by atoms with Crippen molar-refractivity contribution in [2.24, 2.45) is 0 Å². The SMILES string of the molecule is COC(C)(C)CCC(=O)C1(O)CCCC1. The van der Waals surface area contributed by atoms with E-state index >= 15 is 0 Å². The van der Waals surface area contributed by atoms with Crippen LogP contribution in [0.15, 0.2) is 0 Å². The number of hydrogen-bond acceptors (Lipinski definition) is 3. The van der Waals surface area contributed by atoms with Crippen molar-refractivity contribution >= 4 is 5.78 Å². The standard InChI is InChI=1S/C12H22O3/c1-11(2,15-3)9-6-10(13)12(14)7-4-5-8-12/h14H,4-9H2,1-3H3. The topological polar surface area (TPSA) is 46.5 Å². The van der Waals surface area contributed by atoms with Crippen molar-refractivity contribution in [3.05, 3.63) is 0 Å². The first-order valence-corrected chi connectivity index (χ1v) is 5.70. The number of Topliss-reactive ketones (excluding diaryl/α,β-unsaturated/α-hetero) is 1. The Morgan fingerprint density at radius 2 is 1.93 bits per heavy atom. The summed E-state index contributed by atoms with van der Waals surface area (Å²) in [5, 5.41) is 10.0. The summed E-state index contributed by atoms with van der Waals surface area (Å²) in [5.74, 6) is -0.00914. The number of rotatable bonds is 5. The maximum atomic E-state index is 11.8. The van der Waals surface area contributed by atoms with Gasteiger partial charge in [-0.15, -0.1) is 0 Å². The van der Waals surface area contributed by atoms with Gasteiger partial charge in [0.2, 0.25) is 0 Å². The Hall–Kier alpha value is -0.410. The molecule has 0 aliphatic heterocycles. The van der Waals surface area contributed by atoms with Gasteiger partial charge >= 0.3 is 0 Å². The minimum Gasteiger partial charge on any atom is -0.382 e. The minimum absolute atomic E-state index is 0.00914. The van der Waals surface area contributed by atoms with Crippen LogP contribution in [0.25, 0.3) is 0 Å². The van der Waals surface area contributed by atoms with E-state index in [2.05, 4.69) is 0 Å². The molecule has 3 heteroatoms. The van der Waals surface area contributed by atoms with Crippen molar-refractivity contribution in [2.75, 3.05) is 7.11 Å². The zero-order chi connectivity index (χ0) is 11.5. The maximum Gasteiger partial charge on any atom is 0.164 e. The average molecular weight is 214 g/mol. The second-order valence-corrected chi connectivity index (χ2v) is 5.13. The van der Waals surface area contributed by atoms with Crippen molar-refractivity contribution in [1.29, 1.82) is 0 Å². The number of ether oxygens (including phenoxy) is 1. The molecule has 1 fully saturated rings. The van der Waals surface area contributed by atoms with Crippen LogP contribution in [-0.4, -0.2) is 29.2 Å². The zero-order valence-electron chi connectivity index (χ0n) is 10.0. The smallest absolute Gasteiger partial charge is 0.164 e. The number of ketones is 1. The number of methoxy groups -OCH3 is 1. The van der Waals surface area contributed by atoms with E-state index in [-0.39, 0.29) is 11.4 Å². The largest absolute Gasteiger partial charge is 0.382 e. The molecule has 15 heavy (non-hydrogen) atoms. The van der Waals surface area contributed by atoms with Gasteiger partial charge in [0.25, 0.3) is 0 Å². The predicted molar refractivity (Wildman–Crippen MR) is 58.7 cm³/mol. The molecule has 3 nitrogen and oxygen atoms in total. The normalized spacial score (nSPS) is 20.5. The molecule has 1 saturated carbocycles. The second-order valence-electron chi connectivity index (χ2n) is 5.13. The molecule has 0 aromatic carbocycles. The van der Waals surface area contributed by atoms with Crippen molar-refractivity contribution in [3.8, 4) is 0 Å². The molecule has 1 N–H and O–H groups in total. The molecule has 1 aliphatic rings. The summed E-state index contributed by atoms with van der Waals surface area (Å²) in [7, 11) is 1.65. The Balaban J connectivity index is 2.42. The van der Waals surface area contributed by atoms with E-state index in [0.29, 0.717) is 25.7 Å². The Morgan fingerprint density at radius 1 is 1.40 bits per heavy atom. The molecule has 0 aromatic heterocycles. The van der Waals surface area contributed by atoms with Crippen LogP contribution in [0.2, 0.25) is 0 Å². The van der Waals surface area contributed by atoms with Gasteiger partial charge < -0.3 is 9.84 Å². The van der Waals surface area contributed by atoms with Crippen LogP contribution in [0, 0.1) is 0 Å². The molecule has 1 rings (SSSR count). The highest BCUT2D eigenvalue weighted by molar-refractivity contribution is 5.87. The number of aliphatic hydroxyl groups is 1. The highest BCUT2D eigenvalue weighted by Gasteiger charge is 2.38. The Bertz CT molecular complexity index is 227. The molecule has 88 valence electrons. The third kappa shape index (κ3) is 3.28. The molecule has 0 aromatic rings. The summed E-state index contributed by atoms with van der Waals surface area (Å²) in [5.41, 5.74) is -1.30. The van der Waals surface area contributed by atoms with Gasteiger partial charge in [-0.2, -0.15) is 0 Å². The summed E-state index contributed by atoms with van der Waals surface area (Å²) >= 11 is 0. The molecular weight excluding hydrogens is 192 g/mol. The summed E-state index contributed by atoms with van der Waals surface area (Å²) < 4.78 is 5.25. The quantitative estimate of drug-likeness (QED) is 0.762. The molecule has 0 saturated heterocycles. The van der Waals surface area contributed by atoms with Crippen molar-refractivity contribution < 1.29 is 14.6 Å². The average Bonchev–Trinajstić information content (AvgIpc) is 2.63. The third-order valence-electron chi connectivity index (χ3n) is 3.46. The molecule has 0 heterocycles. The van der Waals surface area contributed by atoms with Gasteiger partial charge in [-0.25, -0.2) is 0 Å². The first kappa shape index (κ1) is 12.7. The lowest BCUT2D eigenvalue weighted by Crippen LogP contribution is -2.36. The molecule has 0 bridgehead atoms. The van der Waals surface area contributed by atoms with E-state index in [4.69, 9.17) is 4.74 Å². The fourth-order valence-corrected chi connectivity index (χ4v) is 1.99. The lowest BCUT2D eigenvalue weighted by atomic mass is 9.90. The van der Waals surface area contributed by atoms with E-state index in [1.165, 1.54) is 0 Å². The number of carbonyl (C=O) groups is 1. The van der Waals surface area contributed by atoms with Crippen LogP contribution in [0.5, 0.6) is 0 Å². The molecule has 0 amide bonds. The van der Waals surface area contributed by atoms with Crippen molar-refractivity contribution in [1.82, 2.24) is 0 Å². The molecule has 1 aliphatic carbocycles. The summed E-state index contributed by atoms with van der Waals surface area (Å²) in [6, 6.07) is 0. The van der Waals surface area contributed by atoms with Crippen LogP contribution in [0.3, 0.4) is 0 Å². The summed E-state index contributed by atoms with van der Waals surface area (Å²) in [6.45, 7) is 3.91. The minimum atomic E-state index is -1.02. The zero-order valence-corrected chi connectivity index (χ0v) is 10.0. The van der Waals surface area contributed by atoms with Crippen LogP contribution < -0.4 is 0 Å². The lowest BCUT2D eigenvalue weighted by Gasteiger charge is -2.25. The van der Waals surface area contributed by atoms with E-state index < -0.39 is 5.60 Å². The van der Waals surface area contributed by atoms with Crippen molar-refractivity contribution in [2.45, 2.75) is 63.6 Å². The first-order valence-electron chi connectivity index (χ1n) is 5.70. The van der Waals surface area contributed by atoms with Gasteiger partial charge in [-0.05, 0) is 46.0 Å². The number of carbonyl (C=O) groups excluding carboxylic acids is 1.